The lowest BCUT2D eigenvalue weighted by Gasteiger charge is -2.43. The fourth-order valence-electron chi connectivity index (χ4n) is 3.49. The molecule has 0 aliphatic carbocycles. The van der Waals surface area contributed by atoms with Crippen molar-refractivity contribution in [3.8, 4) is 5.75 Å². The van der Waals surface area contributed by atoms with Crippen LogP contribution >= 0.6 is 0 Å². The van der Waals surface area contributed by atoms with E-state index in [0.717, 1.165) is 4.68 Å². The number of rotatable bonds is 1. The first-order valence-corrected chi connectivity index (χ1v) is 9.13. The van der Waals surface area contributed by atoms with Crippen molar-refractivity contribution in [1.82, 2.24) is 14.7 Å². The normalized spacial score (nSPS) is 19.4. The molecule has 1 spiro atoms. The number of hydrogen-bond donors (Lipinski definition) is 0. The molecule has 1 aromatic heterocycles. The number of ketones is 1. The van der Waals surface area contributed by atoms with E-state index in [1.807, 2.05) is 0 Å². The third kappa shape index (κ3) is 4.25. The number of nitrogens with zero attached hydrogens (tertiary/aromatic N) is 3. The summed E-state index contributed by atoms with van der Waals surface area (Å²) in [7, 11) is 0. The zero-order valence-corrected chi connectivity index (χ0v) is 16.4. The molecule has 1 aromatic rings. The highest BCUT2D eigenvalue weighted by Gasteiger charge is 2.46. The summed E-state index contributed by atoms with van der Waals surface area (Å²) >= 11 is 0. The molecular weight excluding hydrogens is 379 g/mol. The van der Waals surface area contributed by atoms with Crippen LogP contribution in [-0.4, -0.2) is 57.0 Å². The van der Waals surface area contributed by atoms with Gasteiger partial charge in [-0.2, -0.15) is 18.3 Å². The molecule has 10 heteroatoms. The first kappa shape index (κ1) is 20.5. The zero-order chi connectivity index (χ0) is 20.9. The number of halogens is 3. The Balaban J connectivity index is 1.74. The molecule has 2 aliphatic rings. The number of Topliss-reactive ketones (excluding diaryl/α,β-unsaturated/α-hetero) is 1. The van der Waals surface area contributed by atoms with Crippen LogP contribution in [0.1, 0.15) is 56.2 Å². The lowest BCUT2D eigenvalue weighted by molar-refractivity contribution is -0.143. The van der Waals surface area contributed by atoms with Crippen LogP contribution in [0.4, 0.5) is 18.0 Å². The molecule has 3 rings (SSSR count). The largest absolute Gasteiger partial charge is 0.482 e. The van der Waals surface area contributed by atoms with Gasteiger partial charge in [-0.25, -0.2) is 4.79 Å². The number of hydrogen-bond acceptors (Lipinski definition) is 5. The predicted molar refractivity (Wildman–Crippen MR) is 92.4 cm³/mol. The van der Waals surface area contributed by atoms with Crippen LogP contribution in [0.5, 0.6) is 5.75 Å². The number of aromatic nitrogens is 2. The summed E-state index contributed by atoms with van der Waals surface area (Å²) in [6.45, 7) is 6.20. The molecule has 1 fully saturated rings. The maximum atomic E-state index is 12.7. The highest BCUT2D eigenvalue weighted by atomic mass is 19.4. The third-order valence-electron chi connectivity index (χ3n) is 4.87. The van der Waals surface area contributed by atoms with Crippen molar-refractivity contribution in [2.75, 3.05) is 13.1 Å². The molecule has 0 aromatic carbocycles. The molecule has 28 heavy (non-hydrogen) atoms. The maximum absolute atomic E-state index is 12.7. The Morgan fingerprint density at radius 1 is 1.25 bits per heavy atom. The predicted octanol–water partition coefficient (Wildman–Crippen LogP) is 3.49. The Bertz CT molecular complexity index is 787. The fraction of sp³-hybridized carbons (Fsp3) is 0.722. The van der Waals surface area contributed by atoms with Gasteiger partial charge in [0.15, 0.2) is 17.2 Å². The molecule has 0 radical (unpaired) electrons. The van der Waals surface area contributed by atoms with Crippen LogP contribution in [-0.2, 0) is 11.3 Å². The number of amides is 1. The Kier molecular flexibility index (Phi) is 4.87. The first-order valence-electron chi connectivity index (χ1n) is 9.13. The van der Waals surface area contributed by atoms with Crippen molar-refractivity contribution in [3.05, 3.63) is 11.4 Å². The molecule has 7 nitrogen and oxygen atoms in total. The van der Waals surface area contributed by atoms with Crippen LogP contribution in [0, 0.1) is 6.92 Å². The monoisotopic (exact) mass is 403 g/mol. The van der Waals surface area contributed by atoms with Crippen LogP contribution in [0.3, 0.4) is 0 Å². The molecule has 3 heterocycles. The molecule has 0 atom stereocenters. The summed E-state index contributed by atoms with van der Waals surface area (Å²) in [6.07, 6.45) is -4.06. The molecule has 1 saturated heterocycles. The molecule has 0 saturated carbocycles. The van der Waals surface area contributed by atoms with Crippen LogP contribution in [0.15, 0.2) is 0 Å². The molecule has 156 valence electrons. The molecule has 0 N–H and O–H groups in total. The summed E-state index contributed by atoms with van der Waals surface area (Å²) in [4.78, 5) is 26.3. The maximum Gasteiger partial charge on any atom is 0.410 e. The van der Waals surface area contributed by atoms with Gasteiger partial charge in [-0.05, 0) is 27.7 Å². The van der Waals surface area contributed by atoms with Crippen molar-refractivity contribution in [3.63, 3.8) is 0 Å². The quantitative estimate of drug-likeness (QED) is 0.718. The summed E-state index contributed by atoms with van der Waals surface area (Å²) in [5.74, 6) is -0.220. The second-order valence-electron chi connectivity index (χ2n) is 8.39. The van der Waals surface area contributed by atoms with Crippen molar-refractivity contribution in [2.24, 2.45) is 0 Å². The van der Waals surface area contributed by atoms with E-state index in [1.165, 1.54) is 6.92 Å². The van der Waals surface area contributed by atoms with Gasteiger partial charge in [0.05, 0.1) is 12.1 Å². The van der Waals surface area contributed by atoms with Gasteiger partial charge in [-0.3, -0.25) is 9.48 Å². The summed E-state index contributed by atoms with van der Waals surface area (Å²) in [5.41, 5.74) is -1.32. The van der Waals surface area contributed by atoms with E-state index in [4.69, 9.17) is 9.47 Å². The average molecular weight is 403 g/mol. The minimum Gasteiger partial charge on any atom is -0.482 e. The zero-order valence-electron chi connectivity index (χ0n) is 16.4. The van der Waals surface area contributed by atoms with E-state index < -0.39 is 30.0 Å². The number of carbonyl (C=O) groups is 2. The average Bonchev–Trinajstić information content (AvgIpc) is 2.82. The minimum atomic E-state index is -4.45. The van der Waals surface area contributed by atoms with Crippen LogP contribution < -0.4 is 4.74 Å². The standard InChI is InChI=1S/C18H24F3N3O4/c1-11-14-13(22-24(11)10-18(19,20)21)12(25)9-17(27-14)5-7-23(8-6-17)15(26)28-16(2,3)4/h5-10H2,1-4H3. The Labute approximate surface area is 160 Å². The highest BCUT2D eigenvalue weighted by Crippen LogP contribution is 2.41. The molecule has 0 bridgehead atoms. The van der Waals surface area contributed by atoms with Crippen molar-refractivity contribution in [2.45, 2.75) is 70.9 Å². The van der Waals surface area contributed by atoms with Gasteiger partial charge in [0.2, 0.25) is 0 Å². The van der Waals surface area contributed by atoms with Gasteiger partial charge >= 0.3 is 12.3 Å². The van der Waals surface area contributed by atoms with Crippen molar-refractivity contribution in [1.29, 1.82) is 0 Å². The van der Waals surface area contributed by atoms with E-state index in [-0.39, 0.29) is 29.3 Å². The number of piperidine rings is 1. The van der Waals surface area contributed by atoms with Gasteiger partial charge in [0, 0.05) is 25.9 Å². The van der Waals surface area contributed by atoms with E-state index in [9.17, 15) is 22.8 Å². The minimum absolute atomic E-state index is 0.0324. The number of carbonyl (C=O) groups excluding carboxylic acids is 2. The van der Waals surface area contributed by atoms with E-state index in [1.54, 1.807) is 25.7 Å². The van der Waals surface area contributed by atoms with Gasteiger partial charge in [0.1, 0.15) is 17.7 Å². The lowest BCUT2D eigenvalue weighted by atomic mass is 9.83. The number of ether oxygens (including phenoxy) is 2. The summed E-state index contributed by atoms with van der Waals surface area (Å²) < 4.78 is 50.3. The molecular formula is C18H24F3N3O4. The van der Waals surface area contributed by atoms with Gasteiger partial charge in [-0.1, -0.05) is 0 Å². The summed E-state index contributed by atoms with van der Waals surface area (Å²) in [6, 6.07) is 0. The van der Waals surface area contributed by atoms with Crippen molar-refractivity contribution < 1.29 is 32.2 Å². The Morgan fingerprint density at radius 3 is 2.39 bits per heavy atom. The fourth-order valence-corrected chi connectivity index (χ4v) is 3.49. The van der Waals surface area contributed by atoms with Gasteiger partial charge in [-0.15, -0.1) is 0 Å². The number of alkyl halides is 3. The van der Waals surface area contributed by atoms with Gasteiger partial charge < -0.3 is 14.4 Å². The smallest absolute Gasteiger partial charge is 0.410 e. The van der Waals surface area contributed by atoms with Gasteiger partial charge in [0.25, 0.3) is 0 Å². The highest BCUT2D eigenvalue weighted by molar-refractivity contribution is 5.98. The SMILES string of the molecule is Cc1c2c(nn1CC(F)(F)F)C(=O)CC1(CCN(C(=O)OC(C)(C)C)CC1)O2. The van der Waals surface area contributed by atoms with Crippen LogP contribution in [0.2, 0.25) is 0 Å². The first-order chi connectivity index (χ1) is 12.8. The number of likely N-dealkylation sites (tertiary alicyclic amines) is 1. The Hall–Kier alpha value is -2.26. The van der Waals surface area contributed by atoms with E-state index in [2.05, 4.69) is 5.10 Å². The topological polar surface area (TPSA) is 73.7 Å². The number of fused-ring (bicyclic) bond motifs is 1. The molecule has 0 unspecified atom stereocenters. The lowest BCUT2D eigenvalue weighted by Crippen LogP contribution is -2.53. The van der Waals surface area contributed by atoms with E-state index in [0.29, 0.717) is 25.9 Å². The van der Waals surface area contributed by atoms with E-state index >= 15 is 0 Å². The van der Waals surface area contributed by atoms with Crippen LogP contribution in [0.25, 0.3) is 0 Å². The summed E-state index contributed by atoms with van der Waals surface area (Å²) in [5, 5.41) is 3.82. The Morgan fingerprint density at radius 2 is 1.86 bits per heavy atom. The second-order valence-corrected chi connectivity index (χ2v) is 8.39. The van der Waals surface area contributed by atoms with Crippen molar-refractivity contribution >= 4 is 11.9 Å². The third-order valence-corrected chi connectivity index (χ3v) is 4.87. The second kappa shape index (κ2) is 6.66. The molecule has 1 amide bonds. The molecule has 2 aliphatic heterocycles.